The largest absolute Gasteiger partial charge is 0.442 e. The number of benzene rings is 1. The number of anilines is 1. The molecule has 0 radical (unpaired) electrons. The van der Waals surface area contributed by atoms with Crippen LogP contribution in [0.25, 0.3) is 0 Å². The average Bonchev–Trinajstić information content (AvgIpc) is 3.13. The van der Waals surface area contributed by atoms with Crippen molar-refractivity contribution >= 4 is 34.1 Å². The Labute approximate surface area is 134 Å². The van der Waals surface area contributed by atoms with Gasteiger partial charge in [-0.15, -0.1) is 0 Å². The first-order chi connectivity index (χ1) is 11.0. The highest BCUT2D eigenvalue weighted by molar-refractivity contribution is 8.31. The van der Waals surface area contributed by atoms with Gasteiger partial charge in [-0.2, -0.15) is 0 Å². The zero-order valence-corrected chi connectivity index (χ0v) is 13.5. The first-order valence-corrected chi connectivity index (χ1v) is 8.64. The molecule has 8 heteroatoms. The summed E-state index contributed by atoms with van der Waals surface area (Å²) in [6.07, 6.45) is 1.82. The van der Waals surface area contributed by atoms with Crippen molar-refractivity contribution in [2.45, 2.75) is 11.8 Å². The van der Waals surface area contributed by atoms with Gasteiger partial charge < -0.3 is 18.6 Å². The molecule has 23 heavy (non-hydrogen) atoms. The van der Waals surface area contributed by atoms with Crippen LogP contribution in [0.2, 0.25) is 0 Å². The molecule has 1 aromatic rings. The molecule has 4 rings (SSSR count). The van der Waals surface area contributed by atoms with Gasteiger partial charge in [-0.05, 0) is 35.2 Å². The summed E-state index contributed by atoms with van der Waals surface area (Å²) >= 11 is 0. The lowest BCUT2D eigenvalue weighted by Crippen LogP contribution is -2.30. The predicted octanol–water partition coefficient (Wildman–Crippen LogP) is 1.38. The van der Waals surface area contributed by atoms with Crippen LogP contribution in [-0.4, -0.2) is 37.9 Å². The number of fused-ring (bicyclic) bond motifs is 2. The smallest absolute Gasteiger partial charge is 0.367 e. The number of nitrogens with zero attached hydrogens (tertiary/aromatic N) is 2. The second-order valence-corrected chi connectivity index (χ2v) is 7.70. The van der Waals surface area contributed by atoms with E-state index >= 15 is 0 Å². The summed E-state index contributed by atoms with van der Waals surface area (Å²) in [7, 11) is -0.765. The van der Waals surface area contributed by atoms with Crippen LogP contribution in [0.4, 0.5) is 5.69 Å². The molecule has 3 heterocycles. The highest BCUT2D eigenvalue weighted by atomic mass is 32.3. The Morgan fingerprint density at radius 2 is 2.00 bits per heavy atom. The molecular weight excluding hydrogens is 318 g/mol. The van der Waals surface area contributed by atoms with Crippen LogP contribution in [0.15, 0.2) is 39.2 Å². The number of carbonyl (C=O) groups is 2. The van der Waals surface area contributed by atoms with E-state index in [1.807, 2.05) is 43.3 Å². The quantitative estimate of drug-likeness (QED) is 0.782. The second kappa shape index (κ2) is 4.76. The number of rotatable bonds is 1. The van der Waals surface area contributed by atoms with Crippen molar-refractivity contribution in [1.29, 1.82) is 0 Å². The van der Waals surface area contributed by atoms with Gasteiger partial charge in [0.2, 0.25) is 0 Å². The van der Waals surface area contributed by atoms with E-state index in [1.165, 1.54) is 0 Å². The number of aryl methyl sites for hydroxylation is 1. The second-order valence-electron chi connectivity index (χ2n) is 5.48. The molecule has 0 atom stereocenters. The molecule has 3 aliphatic heterocycles. The molecule has 1 N–H and O–H groups in total. The lowest BCUT2D eigenvalue weighted by molar-refractivity contribution is -0.150. The molecule has 0 unspecified atom stereocenters. The first-order valence-electron chi connectivity index (χ1n) is 7.16. The van der Waals surface area contributed by atoms with E-state index in [9.17, 15) is 9.59 Å². The fourth-order valence-corrected chi connectivity index (χ4v) is 5.40. The summed E-state index contributed by atoms with van der Waals surface area (Å²) < 4.78 is 11.0. The molecule has 1 fully saturated rings. The van der Waals surface area contributed by atoms with Gasteiger partial charge in [-0.25, -0.2) is 9.59 Å². The minimum atomic E-state index is -2.67. The van der Waals surface area contributed by atoms with E-state index in [0.717, 1.165) is 11.3 Å². The molecular formula is C15H15N3O4S. The van der Waals surface area contributed by atoms with Crippen molar-refractivity contribution in [3.8, 4) is 0 Å². The Morgan fingerprint density at radius 3 is 2.65 bits per heavy atom. The van der Waals surface area contributed by atoms with Crippen LogP contribution in [0, 0.1) is 6.92 Å². The van der Waals surface area contributed by atoms with Crippen molar-refractivity contribution in [2.75, 3.05) is 25.0 Å². The zero-order chi connectivity index (χ0) is 16.2. The maximum Gasteiger partial charge on any atom is 0.442 e. The molecule has 0 saturated carbocycles. The maximum absolute atomic E-state index is 11.8. The summed E-state index contributed by atoms with van der Waals surface area (Å²) in [5.74, 6) is -1.30. The lowest BCUT2D eigenvalue weighted by atomic mass is 10.2. The Balaban J connectivity index is 1.95. The molecule has 0 aromatic heterocycles. The van der Waals surface area contributed by atoms with E-state index < -0.39 is 22.5 Å². The number of nitrogens with one attached hydrogen (secondary N) is 1. The summed E-state index contributed by atoms with van der Waals surface area (Å²) in [6, 6.07) is 5.74. The van der Waals surface area contributed by atoms with Crippen LogP contribution >= 0.6 is 10.6 Å². The molecule has 1 aromatic carbocycles. The molecule has 1 spiro atoms. The standard InChI is InChI=1S/C15H15N3O4S/c1-9-3-4-11-10(7-9)18(2)8-12(13-16-5-6-17-13)23(11)21-14(19)15(20)22-23/h3-4,7-8H,5-6H2,1-2H3,(H,16,17). The number of carbonyl (C=O) groups excluding carboxylic acids is 2. The maximum atomic E-state index is 11.8. The molecule has 0 amide bonds. The van der Waals surface area contributed by atoms with Gasteiger partial charge in [0, 0.05) is 19.8 Å². The Hall–Kier alpha value is -2.48. The van der Waals surface area contributed by atoms with E-state index in [-0.39, 0.29) is 0 Å². The van der Waals surface area contributed by atoms with Crippen molar-refractivity contribution in [3.05, 3.63) is 34.9 Å². The summed E-state index contributed by atoms with van der Waals surface area (Å²) in [4.78, 5) is 31.2. The SMILES string of the molecule is Cc1ccc2c(c1)N(C)C=C(C1=NCCN1)S21OC(=O)C(=O)O1. The van der Waals surface area contributed by atoms with Crippen molar-refractivity contribution in [2.24, 2.45) is 4.99 Å². The zero-order valence-electron chi connectivity index (χ0n) is 12.7. The van der Waals surface area contributed by atoms with Gasteiger partial charge >= 0.3 is 11.9 Å². The first kappa shape index (κ1) is 14.1. The minimum Gasteiger partial charge on any atom is -0.367 e. The van der Waals surface area contributed by atoms with Gasteiger partial charge in [0.15, 0.2) is 0 Å². The van der Waals surface area contributed by atoms with Crippen molar-refractivity contribution in [3.63, 3.8) is 0 Å². The number of hydrogen-bond acceptors (Lipinski definition) is 7. The van der Waals surface area contributed by atoms with E-state index in [2.05, 4.69) is 10.3 Å². The molecule has 0 aliphatic carbocycles. The normalized spacial score (nSPS) is 22.8. The lowest BCUT2D eigenvalue weighted by Gasteiger charge is -2.43. The van der Waals surface area contributed by atoms with Crippen molar-refractivity contribution in [1.82, 2.24) is 5.32 Å². The highest BCUT2D eigenvalue weighted by Gasteiger charge is 2.50. The summed E-state index contributed by atoms with van der Waals surface area (Å²) in [6.45, 7) is 3.31. The molecule has 7 nitrogen and oxygen atoms in total. The van der Waals surface area contributed by atoms with Gasteiger partial charge in [-0.3, -0.25) is 4.99 Å². The van der Waals surface area contributed by atoms with Crippen molar-refractivity contribution < 1.29 is 18.0 Å². The van der Waals surface area contributed by atoms with Crippen LogP contribution in [0.3, 0.4) is 0 Å². The molecule has 3 aliphatic rings. The van der Waals surface area contributed by atoms with Crippen LogP contribution in [-0.2, 0) is 18.0 Å². The Kier molecular flexibility index (Phi) is 2.92. The summed E-state index contributed by atoms with van der Waals surface area (Å²) in [5, 5.41) is 3.16. The predicted molar refractivity (Wildman–Crippen MR) is 86.0 cm³/mol. The fraction of sp³-hybridized carbons (Fsp3) is 0.267. The molecule has 120 valence electrons. The van der Waals surface area contributed by atoms with Gasteiger partial charge in [0.05, 0.1) is 12.2 Å². The van der Waals surface area contributed by atoms with Crippen LogP contribution < -0.4 is 10.2 Å². The van der Waals surface area contributed by atoms with E-state index in [1.54, 1.807) is 0 Å². The number of amidine groups is 1. The van der Waals surface area contributed by atoms with E-state index in [4.69, 9.17) is 8.37 Å². The van der Waals surface area contributed by atoms with Crippen LogP contribution in [0.1, 0.15) is 5.56 Å². The fourth-order valence-electron chi connectivity index (χ4n) is 2.79. The third-order valence-corrected chi connectivity index (χ3v) is 6.42. The molecule has 0 bridgehead atoms. The number of aliphatic imine (C=N–C) groups is 1. The third kappa shape index (κ3) is 1.94. The number of hydrogen-bond donors (Lipinski definition) is 1. The summed E-state index contributed by atoms with van der Waals surface area (Å²) in [5.41, 5.74) is 1.92. The van der Waals surface area contributed by atoms with E-state index in [0.29, 0.717) is 28.7 Å². The van der Waals surface area contributed by atoms with Gasteiger partial charge in [0.25, 0.3) is 0 Å². The minimum absolute atomic E-state index is 0.605. The Bertz CT molecular complexity index is 786. The monoisotopic (exact) mass is 333 g/mol. The third-order valence-electron chi connectivity index (χ3n) is 3.84. The highest BCUT2D eigenvalue weighted by Crippen LogP contribution is 2.71. The van der Waals surface area contributed by atoms with Gasteiger partial charge in [0.1, 0.15) is 15.6 Å². The topological polar surface area (TPSA) is 80.2 Å². The van der Waals surface area contributed by atoms with Gasteiger partial charge in [-0.1, -0.05) is 6.07 Å². The van der Waals surface area contributed by atoms with Crippen LogP contribution in [0.5, 0.6) is 0 Å². The average molecular weight is 333 g/mol. The Morgan fingerprint density at radius 1 is 1.26 bits per heavy atom. The molecule has 1 saturated heterocycles.